The summed E-state index contributed by atoms with van der Waals surface area (Å²) >= 11 is 6.11. The standard InChI is InChI=1S/C21H22ClF3N4O5/c1-13-17(22)27-18(26-9-15-12-33-8-7-28(15)20(32)21(23,24)25)19(31)29(13)10-16(30)34-11-14-5-3-2-4-6-14/h2-6,15H,7-12H2,1H3,(H,26,27)/t15-/m1/s1. The van der Waals surface area contributed by atoms with Crippen LogP contribution >= 0.6 is 11.6 Å². The van der Waals surface area contributed by atoms with Gasteiger partial charge >= 0.3 is 18.1 Å². The molecule has 1 aliphatic rings. The molecule has 0 unspecified atom stereocenters. The lowest BCUT2D eigenvalue weighted by atomic mass is 10.2. The zero-order valence-corrected chi connectivity index (χ0v) is 18.9. The number of morpholine rings is 1. The fourth-order valence-electron chi connectivity index (χ4n) is 3.31. The molecule has 2 heterocycles. The van der Waals surface area contributed by atoms with Crippen molar-refractivity contribution in [3.63, 3.8) is 0 Å². The highest BCUT2D eigenvalue weighted by Gasteiger charge is 2.45. The molecule has 1 N–H and O–H groups in total. The molecule has 34 heavy (non-hydrogen) atoms. The third-order valence-electron chi connectivity index (χ3n) is 5.13. The van der Waals surface area contributed by atoms with Gasteiger partial charge in [0.05, 0.1) is 24.9 Å². The van der Waals surface area contributed by atoms with Crippen molar-refractivity contribution in [1.82, 2.24) is 14.5 Å². The number of hydrogen-bond donors (Lipinski definition) is 1. The Morgan fingerprint density at radius 3 is 2.68 bits per heavy atom. The van der Waals surface area contributed by atoms with Gasteiger partial charge in [0.25, 0.3) is 5.56 Å². The first-order chi connectivity index (χ1) is 16.1. The van der Waals surface area contributed by atoms with Gasteiger partial charge in [-0.15, -0.1) is 0 Å². The predicted molar refractivity (Wildman–Crippen MR) is 115 cm³/mol. The van der Waals surface area contributed by atoms with Crippen LogP contribution in [0.25, 0.3) is 0 Å². The number of nitrogens with one attached hydrogen (secondary N) is 1. The highest BCUT2D eigenvalue weighted by Crippen LogP contribution is 2.22. The monoisotopic (exact) mass is 502 g/mol. The van der Waals surface area contributed by atoms with Gasteiger partial charge in [0.2, 0.25) is 0 Å². The van der Waals surface area contributed by atoms with Gasteiger partial charge in [0.1, 0.15) is 13.2 Å². The van der Waals surface area contributed by atoms with Crippen molar-refractivity contribution in [3.05, 3.63) is 57.1 Å². The predicted octanol–water partition coefficient (Wildman–Crippen LogP) is 2.15. The number of amides is 1. The molecule has 9 nitrogen and oxygen atoms in total. The molecule has 1 fully saturated rings. The zero-order chi connectivity index (χ0) is 24.9. The molecule has 0 saturated carbocycles. The molecule has 1 saturated heterocycles. The number of anilines is 1. The molecule has 1 atom stereocenters. The van der Waals surface area contributed by atoms with Gasteiger partial charge in [-0.2, -0.15) is 13.2 Å². The second-order valence-electron chi connectivity index (χ2n) is 7.48. The maximum atomic E-state index is 12.9. The number of carbonyl (C=O) groups is 2. The van der Waals surface area contributed by atoms with Crippen LogP contribution in [0.2, 0.25) is 5.15 Å². The van der Waals surface area contributed by atoms with Crippen LogP contribution in [0, 0.1) is 6.92 Å². The number of benzene rings is 1. The summed E-state index contributed by atoms with van der Waals surface area (Å²) in [6.45, 7) is 0.372. The SMILES string of the molecule is Cc1c(Cl)nc(NC[C@@H]2COCCN2C(=O)C(F)(F)F)c(=O)n1CC(=O)OCc1ccccc1. The Kier molecular flexibility index (Phi) is 8.15. The first-order valence-corrected chi connectivity index (χ1v) is 10.6. The maximum Gasteiger partial charge on any atom is 0.471 e. The van der Waals surface area contributed by atoms with E-state index in [-0.39, 0.29) is 49.6 Å². The van der Waals surface area contributed by atoms with E-state index in [0.29, 0.717) is 4.90 Å². The number of esters is 1. The number of carbonyl (C=O) groups excluding carboxylic acids is 2. The van der Waals surface area contributed by atoms with E-state index in [0.717, 1.165) is 10.1 Å². The van der Waals surface area contributed by atoms with Crippen LogP contribution in [0.1, 0.15) is 11.3 Å². The van der Waals surface area contributed by atoms with E-state index in [2.05, 4.69) is 10.3 Å². The first kappa shape index (κ1) is 25.5. The molecule has 3 rings (SSSR count). The Bertz CT molecular complexity index is 1090. The van der Waals surface area contributed by atoms with Gasteiger partial charge in [0, 0.05) is 13.1 Å². The summed E-state index contributed by atoms with van der Waals surface area (Å²) < 4.78 is 50.1. The van der Waals surface area contributed by atoms with E-state index in [1.807, 2.05) is 6.07 Å². The molecule has 1 aromatic carbocycles. The maximum absolute atomic E-state index is 12.9. The molecule has 0 aliphatic carbocycles. The summed E-state index contributed by atoms with van der Waals surface area (Å²) in [6, 6.07) is 7.96. The van der Waals surface area contributed by atoms with E-state index in [9.17, 15) is 27.6 Å². The van der Waals surface area contributed by atoms with E-state index < -0.39 is 36.2 Å². The van der Waals surface area contributed by atoms with Crippen molar-refractivity contribution in [2.45, 2.75) is 32.3 Å². The Morgan fingerprint density at radius 2 is 2.00 bits per heavy atom. The van der Waals surface area contributed by atoms with Gasteiger partial charge in [-0.25, -0.2) is 4.98 Å². The number of aromatic nitrogens is 2. The molecule has 1 aromatic heterocycles. The van der Waals surface area contributed by atoms with Crippen LogP contribution in [-0.4, -0.2) is 64.8 Å². The molecular weight excluding hydrogens is 481 g/mol. The Balaban J connectivity index is 1.71. The molecule has 13 heteroatoms. The number of hydrogen-bond acceptors (Lipinski definition) is 7. The molecule has 2 aromatic rings. The van der Waals surface area contributed by atoms with Crippen molar-refractivity contribution in [3.8, 4) is 0 Å². The minimum Gasteiger partial charge on any atom is -0.459 e. The lowest BCUT2D eigenvalue weighted by Crippen LogP contribution is -2.55. The highest BCUT2D eigenvalue weighted by molar-refractivity contribution is 6.30. The molecule has 1 aliphatic heterocycles. The van der Waals surface area contributed by atoms with E-state index >= 15 is 0 Å². The Labute approximate surface area is 197 Å². The van der Waals surface area contributed by atoms with Crippen molar-refractivity contribution in [1.29, 1.82) is 0 Å². The van der Waals surface area contributed by atoms with Crippen molar-refractivity contribution < 1.29 is 32.2 Å². The number of ether oxygens (including phenoxy) is 2. The molecular formula is C21H22ClF3N4O5. The lowest BCUT2D eigenvalue weighted by molar-refractivity contribution is -0.192. The second-order valence-corrected chi connectivity index (χ2v) is 7.84. The quantitative estimate of drug-likeness (QED) is 0.579. The third kappa shape index (κ3) is 6.26. The first-order valence-electron chi connectivity index (χ1n) is 10.2. The summed E-state index contributed by atoms with van der Waals surface area (Å²) in [7, 11) is 0. The Hall–Kier alpha value is -3.12. The summed E-state index contributed by atoms with van der Waals surface area (Å²) in [4.78, 5) is 41.5. The van der Waals surface area contributed by atoms with Crippen LogP contribution in [0.3, 0.4) is 0 Å². The van der Waals surface area contributed by atoms with Crippen LogP contribution in [0.15, 0.2) is 35.1 Å². The summed E-state index contributed by atoms with van der Waals surface area (Å²) in [5, 5.41) is 2.55. The summed E-state index contributed by atoms with van der Waals surface area (Å²) in [5.74, 6) is -2.96. The third-order valence-corrected chi connectivity index (χ3v) is 5.49. The van der Waals surface area contributed by atoms with Gasteiger partial charge < -0.3 is 19.7 Å². The second kappa shape index (κ2) is 10.9. The van der Waals surface area contributed by atoms with E-state index in [1.54, 1.807) is 24.3 Å². The number of halogens is 4. The molecule has 0 spiro atoms. The summed E-state index contributed by atoms with van der Waals surface area (Å²) in [5.41, 5.74) is 0.260. The smallest absolute Gasteiger partial charge is 0.459 e. The van der Waals surface area contributed by atoms with E-state index in [4.69, 9.17) is 21.1 Å². The van der Waals surface area contributed by atoms with Crippen molar-refractivity contribution in [2.75, 3.05) is 31.6 Å². The van der Waals surface area contributed by atoms with Crippen LogP contribution in [-0.2, 0) is 32.2 Å². The molecule has 0 bridgehead atoms. The van der Waals surface area contributed by atoms with Crippen LogP contribution in [0.4, 0.5) is 19.0 Å². The lowest BCUT2D eigenvalue weighted by Gasteiger charge is -2.36. The van der Waals surface area contributed by atoms with Crippen LogP contribution < -0.4 is 10.9 Å². The number of nitrogens with zero attached hydrogens (tertiary/aromatic N) is 3. The van der Waals surface area contributed by atoms with Crippen molar-refractivity contribution in [2.24, 2.45) is 0 Å². The fraction of sp³-hybridized carbons (Fsp3) is 0.429. The molecule has 184 valence electrons. The molecule has 0 radical (unpaired) electrons. The zero-order valence-electron chi connectivity index (χ0n) is 18.1. The van der Waals surface area contributed by atoms with Gasteiger partial charge in [-0.3, -0.25) is 19.0 Å². The normalized spacial score (nSPS) is 16.3. The van der Waals surface area contributed by atoms with Gasteiger partial charge in [-0.1, -0.05) is 41.9 Å². The average molecular weight is 503 g/mol. The van der Waals surface area contributed by atoms with Gasteiger partial charge in [0.15, 0.2) is 11.0 Å². The topological polar surface area (TPSA) is 103 Å². The Morgan fingerprint density at radius 1 is 1.29 bits per heavy atom. The largest absolute Gasteiger partial charge is 0.471 e. The molecule has 1 amide bonds. The van der Waals surface area contributed by atoms with Crippen molar-refractivity contribution >= 4 is 29.3 Å². The summed E-state index contributed by atoms with van der Waals surface area (Å²) in [6.07, 6.45) is -5.03. The van der Waals surface area contributed by atoms with Gasteiger partial charge in [-0.05, 0) is 12.5 Å². The number of rotatable bonds is 7. The number of alkyl halides is 3. The van der Waals surface area contributed by atoms with E-state index in [1.165, 1.54) is 6.92 Å². The minimum absolute atomic E-state index is 0.0160. The average Bonchev–Trinajstić information content (AvgIpc) is 2.81. The fourth-order valence-corrected chi connectivity index (χ4v) is 3.49. The van der Waals surface area contributed by atoms with Crippen LogP contribution in [0.5, 0.6) is 0 Å². The minimum atomic E-state index is -5.03. The highest BCUT2D eigenvalue weighted by atomic mass is 35.5.